The smallest absolute Gasteiger partial charge is 0.288 e. The van der Waals surface area contributed by atoms with E-state index in [2.05, 4.69) is 15.5 Å². The number of hydrazone groups is 1. The zero-order chi connectivity index (χ0) is 24.9. The highest BCUT2D eigenvalue weighted by atomic mass is 16.6. The fourth-order valence-corrected chi connectivity index (χ4v) is 3.81. The summed E-state index contributed by atoms with van der Waals surface area (Å²) in [5, 5.41) is 16.0. The molecule has 2 N–H and O–H groups in total. The molecule has 0 bridgehead atoms. The molecule has 4 rings (SSSR count). The summed E-state index contributed by atoms with van der Waals surface area (Å²) >= 11 is 0. The average molecular weight is 474 g/mol. The maximum absolute atomic E-state index is 13.1. The number of non-ortho nitro benzene ring substituents is 1. The van der Waals surface area contributed by atoms with Crippen molar-refractivity contribution in [3.05, 3.63) is 82.0 Å². The third-order valence-electron chi connectivity index (χ3n) is 5.39. The van der Waals surface area contributed by atoms with Gasteiger partial charge >= 0.3 is 0 Å². The second kappa shape index (κ2) is 9.96. The van der Waals surface area contributed by atoms with Gasteiger partial charge in [-0.1, -0.05) is 30.3 Å². The van der Waals surface area contributed by atoms with Crippen molar-refractivity contribution in [1.82, 2.24) is 10.4 Å². The van der Waals surface area contributed by atoms with Crippen LogP contribution in [0.2, 0.25) is 0 Å². The van der Waals surface area contributed by atoms with Crippen LogP contribution >= 0.6 is 0 Å². The fraction of sp³-hybridized carbons (Fsp3) is 0.120. The van der Waals surface area contributed by atoms with Crippen molar-refractivity contribution in [3.63, 3.8) is 0 Å². The minimum atomic E-state index is -0.515. The predicted octanol–water partition coefficient (Wildman–Crippen LogP) is 4.53. The van der Waals surface area contributed by atoms with E-state index < -0.39 is 10.8 Å². The van der Waals surface area contributed by atoms with Gasteiger partial charge in [-0.25, -0.2) is 5.43 Å². The van der Waals surface area contributed by atoms with Gasteiger partial charge in [0.25, 0.3) is 11.6 Å². The first-order valence-corrected chi connectivity index (χ1v) is 10.5. The number of carbonyl (C=O) groups excluding carboxylic acids is 1. The first-order chi connectivity index (χ1) is 17.0. The summed E-state index contributed by atoms with van der Waals surface area (Å²) in [6.07, 6.45) is 1.42. The Morgan fingerprint density at radius 3 is 2.40 bits per heavy atom. The minimum Gasteiger partial charge on any atom is -0.493 e. The Morgan fingerprint density at radius 2 is 1.74 bits per heavy atom. The number of nitrogens with one attached hydrogen (secondary N) is 2. The lowest BCUT2D eigenvalue weighted by Gasteiger charge is -2.13. The number of nitro groups is 1. The molecule has 1 amide bonds. The number of nitrogens with zero attached hydrogens (tertiary/aromatic N) is 2. The Hall–Kier alpha value is -4.86. The molecule has 0 radical (unpaired) electrons. The molecular formula is C25H22N4O6. The lowest BCUT2D eigenvalue weighted by atomic mass is 10.0. The molecule has 0 atom stereocenters. The lowest BCUT2D eigenvalue weighted by Crippen LogP contribution is -2.19. The quantitative estimate of drug-likeness (QED) is 0.219. The lowest BCUT2D eigenvalue weighted by molar-refractivity contribution is -0.384. The summed E-state index contributed by atoms with van der Waals surface area (Å²) in [5.41, 5.74) is 5.08. The summed E-state index contributed by atoms with van der Waals surface area (Å²) in [6, 6.07) is 17.0. The zero-order valence-electron chi connectivity index (χ0n) is 19.2. The number of hydrogen-bond donors (Lipinski definition) is 2. The summed E-state index contributed by atoms with van der Waals surface area (Å²) < 4.78 is 16.1. The molecule has 10 nitrogen and oxygen atoms in total. The number of carbonyl (C=O) groups is 1. The number of fused-ring (bicyclic) bond motifs is 1. The molecule has 0 aliphatic heterocycles. The van der Waals surface area contributed by atoms with Gasteiger partial charge in [0, 0.05) is 34.2 Å². The molecule has 4 aromatic rings. The van der Waals surface area contributed by atoms with E-state index in [0.717, 1.165) is 5.56 Å². The highest BCUT2D eigenvalue weighted by molar-refractivity contribution is 6.10. The van der Waals surface area contributed by atoms with E-state index in [4.69, 9.17) is 14.2 Å². The van der Waals surface area contributed by atoms with Crippen LogP contribution in [0, 0.1) is 10.1 Å². The summed E-state index contributed by atoms with van der Waals surface area (Å²) in [5.74, 6) is 0.769. The third kappa shape index (κ3) is 4.49. The second-order valence-corrected chi connectivity index (χ2v) is 7.35. The van der Waals surface area contributed by atoms with Gasteiger partial charge in [0.1, 0.15) is 5.69 Å². The zero-order valence-corrected chi connectivity index (χ0v) is 19.2. The van der Waals surface area contributed by atoms with E-state index in [9.17, 15) is 14.9 Å². The molecule has 0 saturated carbocycles. The van der Waals surface area contributed by atoms with Crippen LogP contribution in [0.25, 0.3) is 22.0 Å². The van der Waals surface area contributed by atoms with Crippen molar-refractivity contribution in [2.45, 2.75) is 0 Å². The molecule has 0 aliphatic carbocycles. The molecule has 10 heteroatoms. The molecule has 0 unspecified atom stereocenters. The van der Waals surface area contributed by atoms with Gasteiger partial charge in [0.05, 0.1) is 32.5 Å². The molecule has 35 heavy (non-hydrogen) atoms. The van der Waals surface area contributed by atoms with Crippen molar-refractivity contribution in [1.29, 1.82) is 0 Å². The van der Waals surface area contributed by atoms with Gasteiger partial charge in [0.2, 0.25) is 5.75 Å². The molecule has 1 heterocycles. The standard InChI is InChI=1S/C25H22N4O6/c1-33-20-12-9-16(23(34-2)24(20)35-3)14-26-28-25(30)22-21(15-7-5-4-6-8-15)18-13-17(29(31)32)10-11-19(18)27-22/h4-14,27H,1-3H3,(H,28,30). The molecule has 178 valence electrons. The Balaban J connectivity index is 1.71. The van der Waals surface area contributed by atoms with E-state index in [0.29, 0.717) is 39.3 Å². The number of nitro benzene ring substituents is 1. The van der Waals surface area contributed by atoms with Crippen LogP contribution in [0.1, 0.15) is 16.1 Å². The van der Waals surface area contributed by atoms with Gasteiger partial charge in [0.15, 0.2) is 11.5 Å². The summed E-state index contributed by atoms with van der Waals surface area (Å²) in [7, 11) is 4.50. The van der Waals surface area contributed by atoms with E-state index in [1.54, 1.807) is 18.2 Å². The van der Waals surface area contributed by atoms with Crippen LogP contribution in [-0.2, 0) is 0 Å². The predicted molar refractivity (Wildman–Crippen MR) is 132 cm³/mol. The Kier molecular flexibility index (Phi) is 6.63. The van der Waals surface area contributed by atoms with Crippen LogP contribution < -0.4 is 19.6 Å². The minimum absolute atomic E-state index is 0.0702. The van der Waals surface area contributed by atoms with Gasteiger partial charge in [-0.3, -0.25) is 14.9 Å². The molecule has 0 fully saturated rings. The molecule has 0 saturated heterocycles. The highest BCUT2D eigenvalue weighted by Gasteiger charge is 2.21. The first-order valence-electron chi connectivity index (χ1n) is 10.5. The van der Waals surface area contributed by atoms with Crippen molar-refractivity contribution in [2.24, 2.45) is 5.10 Å². The van der Waals surface area contributed by atoms with E-state index in [1.807, 2.05) is 30.3 Å². The fourth-order valence-electron chi connectivity index (χ4n) is 3.81. The van der Waals surface area contributed by atoms with Gasteiger partial charge in [-0.05, 0) is 23.8 Å². The summed E-state index contributed by atoms with van der Waals surface area (Å²) in [4.78, 5) is 27.0. The number of H-pyrrole nitrogens is 1. The Labute approximate surface area is 200 Å². The number of aromatic nitrogens is 1. The topological polar surface area (TPSA) is 128 Å². The summed E-state index contributed by atoms with van der Waals surface area (Å²) in [6.45, 7) is 0. The van der Waals surface area contributed by atoms with Crippen molar-refractivity contribution < 1.29 is 23.9 Å². The molecule has 0 aliphatic rings. The van der Waals surface area contributed by atoms with Crippen molar-refractivity contribution in [2.75, 3.05) is 21.3 Å². The van der Waals surface area contributed by atoms with Crippen LogP contribution in [0.15, 0.2) is 65.8 Å². The SMILES string of the molecule is COc1ccc(C=NNC(=O)c2[nH]c3ccc([N+](=O)[O-])cc3c2-c2ccccc2)c(OC)c1OC. The largest absolute Gasteiger partial charge is 0.493 e. The van der Waals surface area contributed by atoms with Crippen LogP contribution in [-0.4, -0.2) is 43.4 Å². The Morgan fingerprint density at radius 1 is 1.00 bits per heavy atom. The number of benzene rings is 3. The van der Waals surface area contributed by atoms with Crippen molar-refractivity contribution in [3.8, 4) is 28.4 Å². The van der Waals surface area contributed by atoms with Crippen LogP contribution in [0.4, 0.5) is 5.69 Å². The van der Waals surface area contributed by atoms with Gasteiger partial charge in [-0.2, -0.15) is 5.10 Å². The molecule has 1 aromatic heterocycles. The number of ether oxygens (including phenoxy) is 3. The van der Waals surface area contributed by atoms with E-state index in [-0.39, 0.29) is 11.4 Å². The molecular weight excluding hydrogens is 452 g/mol. The van der Waals surface area contributed by atoms with E-state index >= 15 is 0 Å². The third-order valence-corrected chi connectivity index (χ3v) is 5.39. The number of methoxy groups -OCH3 is 3. The van der Waals surface area contributed by atoms with E-state index in [1.165, 1.54) is 39.7 Å². The average Bonchev–Trinajstić information content (AvgIpc) is 3.27. The molecule has 3 aromatic carbocycles. The first kappa shape index (κ1) is 23.3. The van der Waals surface area contributed by atoms with Crippen molar-refractivity contribution >= 4 is 28.7 Å². The Bertz CT molecular complexity index is 1430. The number of rotatable bonds is 8. The number of aromatic amines is 1. The maximum atomic E-state index is 13.1. The van der Waals surface area contributed by atoms with Gasteiger partial charge in [-0.15, -0.1) is 0 Å². The molecule has 0 spiro atoms. The second-order valence-electron chi connectivity index (χ2n) is 7.35. The monoisotopic (exact) mass is 474 g/mol. The maximum Gasteiger partial charge on any atom is 0.288 e. The normalized spacial score (nSPS) is 10.9. The van der Waals surface area contributed by atoms with Gasteiger partial charge < -0.3 is 19.2 Å². The highest BCUT2D eigenvalue weighted by Crippen LogP contribution is 2.39. The number of hydrogen-bond acceptors (Lipinski definition) is 7. The number of amides is 1. The van der Waals surface area contributed by atoms with Crippen LogP contribution in [0.3, 0.4) is 0 Å². The van der Waals surface area contributed by atoms with Crippen LogP contribution in [0.5, 0.6) is 17.2 Å².